The first-order valence-corrected chi connectivity index (χ1v) is 19.0. The summed E-state index contributed by atoms with van der Waals surface area (Å²) in [5.74, 6) is 1.50. The molecule has 1 fully saturated rings. The summed E-state index contributed by atoms with van der Waals surface area (Å²) in [5, 5.41) is 12.3. The molecule has 1 atom stereocenters. The molecular formula is C44H43N5O5. The lowest BCUT2D eigenvalue weighted by molar-refractivity contribution is 0.0346. The van der Waals surface area contributed by atoms with Gasteiger partial charge in [0.1, 0.15) is 5.75 Å². The molecule has 54 heavy (non-hydrogen) atoms. The molecule has 0 saturated carbocycles. The van der Waals surface area contributed by atoms with Crippen molar-refractivity contribution in [3.05, 3.63) is 125 Å². The molecule has 4 aromatic carbocycles. The third kappa shape index (κ3) is 5.59. The van der Waals surface area contributed by atoms with Gasteiger partial charge in [-0.3, -0.25) is 9.69 Å². The fourth-order valence-corrected chi connectivity index (χ4v) is 9.07. The Morgan fingerprint density at radius 1 is 0.852 bits per heavy atom. The molecule has 10 rings (SSSR count). The van der Waals surface area contributed by atoms with Gasteiger partial charge in [0, 0.05) is 65.8 Å². The minimum Gasteiger partial charge on any atom is -0.508 e. The lowest BCUT2D eigenvalue weighted by atomic mass is 9.91. The number of para-hydroxylation sites is 1. The number of hydrogen-bond donors (Lipinski definition) is 2. The van der Waals surface area contributed by atoms with Gasteiger partial charge in [-0.2, -0.15) is 0 Å². The van der Waals surface area contributed by atoms with E-state index in [1.165, 1.54) is 22.5 Å². The molecule has 10 nitrogen and oxygen atoms in total. The predicted molar refractivity (Wildman–Crippen MR) is 210 cm³/mol. The van der Waals surface area contributed by atoms with E-state index in [0.717, 1.165) is 104 Å². The van der Waals surface area contributed by atoms with Crippen molar-refractivity contribution in [1.82, 2.24) is 9.30 Å². The Bertz CT molecular complexity index is 2420. The van der Waals surface area contributed by atoms with Crippen LogP contribution in [0.4, 0.5) is 17.1 Å². The Labute approximate surface area is 313 Å². The summed E-state index contributed by atoms with van der Waals surface area (Å²) < 4.78 is 20.1. The SMILES string of the molecule is Nc1ccccc1CN(C(=O)c1cc2c3cc4c(cc3c(N3Cc5ccccc5C[C@H]3CN3CCOCC3)c3n2c1CCC3)OCO4)c1ccc(O)cc1. The summed E-state index contributed by atoms with van der Waals surface area (Å²) in [6, 6.07) is 29.9. The van der Waals surface area contributed by atoms with Crippen LogP contribution in [0.1, 0.15) is 44.9 Å². The van der Waals surface area contributed by atoms with E-state index in [9.17, 15) is 5.11 Å². The maximum absolute atomic E-state index is 15.1. The number of aryl methyl sites for hydroxylation is 2. The summed E-state index contributed by atoms with van der Waals surface area (Å²) in [6.07, 6.45) is 3.53. The molecule has 1 amide bonds. The molecule has 0 spiro atoms. The third-order valence-electron chi connectivity index (χ3n) is 11.8. The van der Waals surface area contributed by atoms with Gasteiger partial charge in [0.05, 0.1) is 36.5 Å². The number of fused-ring (bicyclic) bond motifs is 4. The number of phenols is 1. The molecule has 10 heteroatoms. The predicted octanol–water partition coefficient (Wildman–Crippen LogP) is 6.71. The van der Waals surface area contributed by atoms with Crippen LogP contribution in [0.15, 0.2) is 91.0 Å². The van der Waals surface area contributed by atoms with Gasteiger partial charge in [0.2, 0.25) is 6.79 Å². The second kappa shape index (κ2) is 13.3. The highest BCUT2D eigenvalue weighted by Crippen LogP contribution is 2.47. The van der Waals surface area contributed by atoms with Crippen LogP contribution in [0, 0.1) is 0 Å². The lowest BCUT2D eigenvalue weighted by Crippen LogP contribution is -2.50. The van der Waals surface area contributed by atoms with Crippen molar-refractivity contribution in [1.29, 1.82) is 0 Å². The van der Waals surface area contributed by atoms with Crippen molar-refractivity contribution in [3.63, 3.8) is 0 Å². The van der Waals surface area contributed by atoms with Crippen molar-refractivity contribution < 1.29 is 24.1 Å². The molecule has 4 aliphatic heterocycles. The van der Waals surface area contributed by atoms with E-state index in [1.807, 2.05) is 24.3 Å². The first kappa shape index (κ1) is 32.9. The number of ether oxygens (including phenoxy) is 3. The number of rotatable bonds is 7. The number of anilines is 3. The first-order valence-electron chi connectivity index (χ1n) is 19.0. The standard InChI is InChI=1S/C44H43N5O5/c45-37-9-4-3-8-30(37)25-48(31-12-14-33(50)15-13-31)44(51)36-21-40-34-22-41-42(54-27-53-41)23-35(34)43(39-11-5-10-38(36)49(39)40)47-24-29-7-2-1-6-28(29)20-32(47)26-46-16-18-52-19-17-46/h1-4,6-9,12-15,21-23,32,50H,5,10-11,16-20,24-27,45H2/t32-/m0/s1. The largest absolute Gasteiger partial charge is 0.508 e. The first-order chi connectivity index (χ1) is 26.5. The van der Waals surface area contributed by atoms with Crippen LogP contribution in [0.5, 0.6) is 17.2 Å². The highest BCUT2D eigenvalue weighted by Gasteiger charge is 2.35. The molecular weight excluding hydrogens is 679 g/mol. The van der Waals surface area contributed by atoms with E-state index >= 15 is 4.79 Å². The maximum Gasteiger partial charge on any atom is 0.260 e. The van der Waals surface area contributed by atoms with Gasteiger partial charge in [-0.25, -0.2) is 0 Å². The van der Waals surface area contributed by atoms with Gasteiger partial charge in [0.25, 0.3) is 5.91 Å². The number of hydrogen-bond acceptors (Lipinski definition) is 8. The zero-order valence-electron chi connectivity index (χ0n) is 30.2. The van der Waals surface area contributed by atoms with Crippen LogP contribution in [-0.2, 0) is 37.1 Å². The topological polar surface area (TPSA) is 105 Å². The van der Waals surface area contributed by atoms with Crippen molar-refractivity contribution in [3.8, 4) is 17.2 Å². The number of amides is 1. The summed E-state index contributed by atoms with van der Waals surface area (Å²) >= 11 is 0. The monoisotopic (exact) mass is 721 g/mol. The number of morpholine rings is 1. The van der Waals surface area contributed by atoms with E-state index in [-0.39, 0.29) is 31.0 Å². The fourth-order valence-electron chi connectivity index (χ4n) is 9.07. The van der Waals surface area contributed by atoms with E-state index in [1.54, 1.807) is 29.2 Å². The molecule has 1 saturated heterocycles. The zero-order valence-corrected chi connectivity index (χ0v) is 30.2. The molecule has 0 bridgehead atoms. The van der Waals surface area contributed by atoms with Gasteiger partial charge in [-0.05, 0) is 90.9 Å². The number of carbonyl (C=O) groups excluding carboxylic acids is 1. The minimum absolute atomic E-state index is 0.108. The number of aromatic hydroxyl groups is 1. The normalized spacial score (nSPS) is 17.9. The molecule has 0 radical (unpaired) electrons. The van der Waals surface area contributed by atoms with Crippen LogP contribution in [-0.4, -0.2) is 66.0 Å². The van der Waals surface area contributed by atoms with Crippen LogP contribution >= 0.6 is 0 Å². The molecule has 0 aliphatic carbocycles. The summed E-state index contributed by atoms with van der Waals surface area (Å²) in [7, 11) is 0. The summed E-state index contributed by atoms with van der Waals surface area (Å²) in [4.78, 5) is 22.1. The van der Waals surface area contributed by atoms with Gasteiger partial charge >= 0.3 is 0 Å². The molecule has 6 aromatic rings. The van der Waals surface area contributed by atoms with Crippen molar-refractivity contribution in [2.45, 2.75) is 44.8 Å². The maximum atomic E-state index is 15.1. The van der Waals surface area contributed by atoms with Crippen molar-refractivity contribution in [2.24, 2.45) is 0 Å². The smallest absolute Gasteiger partial charge is 0.260 e. The van der Waals surface area contributed by atoms with Gasteiger partial charge < -0.3 is 39.3 Å². The van der Waals surface area contributed by atoms with Gasteiger partial charge in [0.15, 0.2) is 11.5 Å². The Hall–Kier alpha value is -5.71. The van der Waals surface area contributed by atoms with Gasteiger partial charge in [-0.1, -0.05) is 42.5 Å². The zero-order chi connectivity index (χ0) is 36.3. The van der Waals surface area contributed by atoms with E-state index in [2.05, 4.69) is 56.7 Å². The van der Waals surface area contributed by atoms with E-state index in [0.29, 0.717) is 16.9 Å². The van der Waals surface area contributed by atoms with Gasteiger partial charge in [-0.15, -0.1) is 0 Å². The molecule has 3 N–H and O–H groups in total. The van der Waals surface area contributed by atoms with Crippen molar-refractivity contribution in [2.75, 3.05) is 55.2 Å². The Morgan fingerprint density at radius 3 is 2.37 bits per heavy atom. The lowest BCUT2D eigenvalue weighted by Gasteiger charge is -2.43. The highest BCUT2D eigenvalue weighted by molar-refractivity contribution is 6.12. The average Bonchev–Trinajstić information content (AvgIpc) is 3.83. The van der Waals surface area contributed by atoms with E-state index < -0.39 is 0 Å². The number of pyridine rings is 1. The second-order valence-electron chi connectivity index (χ2n) is 14.9. The number of phenolic OH excluding ortho intramolecular Hbond substituents is 1. The molecule has 2 aromatic heterocycles. The number of carbonyl (C=O) groups is 1. The average molecular weight is 722 g/mol. The molecule has 0 unspecified atom stereocenters. The minimum atomic E-state index is -0.108. The summed E-state index contributed by atoms with van der Waals surface area (Å²) in [5.41, 5.74) is 16.5. The van der Waals surface area contributed by atoms with Crippen LogP contribution in [0.3, 0.4) is 0 Å². The van der Waals surface area contributed by atoms with E-state index in [4.69, 9.17) is 19.9 Å². The van der Waals surface area contributed by atoms with Crippen molar-refractivity contribution >= 4 is 39.3 Å². The number of nitrogens with two attached hydrogens (primary N) is 1. The highest BCUT2D eigenvalue weighted by atomic mass is 16.7. The number of nitrogen functional groups attached to an aromatic ring is 1. The fraction of sp³-hybridized carbons (Fsp3) is 0.295. The molecule has 274 valence electrons. The number of aromatic nitrogens is 1. The quantitative estimate of drug-likeness (QED) is 0.176. The van der Waals surface area contributed by atoms with Crippen LogP contribution < -0.4 is 25.0 Å². The number of benzene rings is 4. The van der Waals surface area contributed by atoms with Crippen LogP contribution in [0.2, 0.25) is 0 Å². The Morgan fingerprint density at radius 2 is 1.57 bits per heavy atom. The van der Waals surface area contributed by atoms with Crippen LogP contribution in [0.25, 0.3) is 16.3 Å². The third-order valence-corrected chi connectivity index (χ3v) is 11.8. The molecule has 4 aliphatic rings. The Balaban J connectivity index is 1.17. The Kier molecular flexibility index (Phi) is 8.10. The summed E-state index contributed by atoms with van der Waals surface area (Å²) in [6.45, 7) is 5.57. The number of nitrogens with zero attached hydrogens (tertiary/aromatic N) is 4. The molecule has 6 heterocycles. The second-order valence-corrected chi connectivity index (χ2v) is 14.9.